The zero-order chi connectivity index (χ0) is 11.8. The van der Waals surface area contributed by atoms with Crippen LogP contribution in [0.5, 0.6) is 0 Å². The van der Waals surface area contributed by atoms with Gasteiger partial charge in [0.05, 0.1) is 6.10 Å². The molecule has 0 radical (unpaired) electrons. The SMILES string of the molecule is CC(N)CCC(=O)NCCC1CCCCO1. The Labute approximate surface area is 97.9 Å². The molecule has 0 aromatic rings. The molecule has 0 spiro atoms. The molecule has 2 atom stereocenters. The summed E-state index contributed by atoms with van der Waals surface area (Å²) in [6, 6.07) is 0.104. The zero-order valence-corrected chi connectivity index (χ0v) is 10.2. The quantitative estimate of drug-likeness (QED) is 0.717. The lowest BCUT2D eigenvalue weighted by molar-refractivity contribution is -0.121. The molecule has 16 heavy (non-hydrogen) atoms. The number of amides is 1. The molecule has 1 aliphatic rings. The molecule has 1 amide bonds. The Morgan fingerprint density at radius 3 is 3.00 bits per heavy atom. The van der Waals surface area contributed by atoms with Crippen molar-refractivity contribution < 1.29 is 9.53 Å². The number of nitrogens with two attached hydrogens (primary N) is 1. The maximum absolute atomic E-state index is 11.4. The lowest BCUT2D eigenvalue weighted by Crippen LogP contribution is -2.30. The van der Waals surface area contributed by atoms with Crippen molar-refractivity contribution in [1.29, 1.82) is 0 Å². The fourth-order valence-electron chi connectivity index (χ4n) is 1.85. The highest BCUT2D eigenvalue weighted by Crippen LogP contribution is 2.14. The Hall–Kier alpha value is -0.610. The second-order valence-corrected chi connectivity index (χ2v) is 4.64. The summed E-state index contributed by atoms with van der Waals surface area (Å²) in [6.07, 6.45) is 6.14. The van der Waals surface area contributed by atoms with Gasteiger partial charge >= 0.3 is 0 Å². The number of rotatable bonds is 6. The molecular weight excluding hydrogens is 204 g/mol. The molecule has 0 aromatic carbocycles. The second-order valence-electron chi connectivity index (χ2n) is 4.64. The molecular formula is C12H24N2O2. The van der Waals surface area contributed by atoms with Crippen LogP contribution in [-0.4, -0.2) is 31.2 Å². The van der Waals surface area contributed by atoms with Gasteiger partial charge in [-0.15, -0.1) is 0 Å². The fourth-order valence-corrected chi connectivity index (χ4v) is 1.85. The smallest absolute Gasteiger partial charge is 0.220 e. The maximum atomic E-state index is 11.4. The van der Waals surface area contributed by atoms with Crippen molar-refractivity contribution in [3.05, 3.63) is 0 Å². The van der Waals surface area contributed by atoms with E-state index in [4.69, 9.17) is 10.5 Å². The molecule has 1 heterocycles. The van der Waals surface area contributed by atoms with E-state index in [2.05, 4.69) is 5.32 Å². The molecule has 3 N–H and O–H groups in total. The van der Waals surface area contributed by atoms with Crippen LogP contribution < -0.4 is 11.1 Å². The van der Waals surface area contributed by atoms with E-state index in [-0.39, 0.29) is 11.9 Å². The van der Waals surface area contributed by atoms with Gasteiger partial charge in [-0.05, 0) is 39.0 Å². The van der Waals surface area contributed by atoms with Crippen LogP contribution in [0.2, 0.25) is 0 Å². The van der Waals surface area contributed by atoms with Gasteiger partial charge in [0, 0.05) is 25.6 Å². The van der Waals surface area contributed by atoms with Crippen molar-refractivity contribution >= 4 is 5.91 Å². The molecule has 1 saturated heterocycles. The van der Waals surface area contributed by atoms with Crippen molar-refractivity contribution in [2.45, 2.75) is 57.6 Å². The van der Waals surface area contributed by atoms with Gasteiger partial charge in [-0.3, -0.25) is 4.79 Å². The molecule has 0 aliphatic carbocycles. The summed E-state index contributed by atoms with van der Waals surface area (Å²) >= 11 is 0. The summed E-state index contributed by atoms with van der Waals surface area (Å²) < 4.78 is 5.59. The van der Waals surface area contributed by atoms with Gasteiger partial charge in [0.2, 0.25) is 5.91 Å². The summed E-state index contributed by atoms with van der Waals surface area (Å²) in [5, 5.41) is 2.91. The number of nitrogens with one attached hydrogen (secondary N) is 1. The van der Waals surface area contributed by atoms with E-state index in [1.54, 1.807) is 0 Å². The summed E-state index contributed by atoms with van der Waals surface area (Å²) in [5.74, 6) is 0.105. The summed E-state index contributed by atoms with van der Waals surface area (Å²) in [5.41, 5.74) is 5.59. The van der Waals surface area contributed by atoms with Crippen LogP contribution in [0.1, 0.15) is 45.4 Å². The first kappa shape index (κ1) is 13.5. The highest BCUT2D eigenvalue weighted by atomic mass is 16.5. The molecule has 4 heteroatoms. The molecule has 0 bridgehead atoms. The lowest BCUT2D eigenvalue weighted by Gasteiger charge is -2.22. The van der Waals surface area contributed by atoms with Gasteiger partial charge in [0.25, 0.3) is 0 Å². The average molecular weight is 228 g/mol. The number of carbonyl (C=O) groups is 1. The molecule has 94 valence electrons. The van der Waals surface area contributed by atoms with E-state index in [0.29, 0.717) is 12.5 Å². The number of hydrogen-bond acceptors (Lipinski definition) is 3. The second kappa shape index (κ2) is 7.63. The average Bonchev–Trinajstić information content (AvgIpc) is 2.28. The Morgan fingerprint density at radius 1 is 1.56 bits per heavy atom. The van der Waals surface area contributed by atoms with Crippen LogP contribution in [0.3, 0.4) is 0 Å². The molecule has 1 aliphatic heterocycles. The molecule has 4 nitrogen and oxygen atoms in total. The van der Waals surface area contributed by atoms with Gasteiger partial charge in [-0.2, -0.15) is 0 Å². The van der Waals surface area contributed by atoms with Crippen LogP contribution >= 0.6 is 0 Å². The van der Waals surface area contributed by atoms with E-state index in [0.717, 1.165) is 32.4 Å². The van der Waals surface area contributed by atoms with Gasteiger partial charge in [-0.25, -0.2) is 0 Å². The topological polar surface area (TPSA) is 64.4 Å². The first-order valence-corrected chi connectivity index (χ1v) is 6.32. The first-order chi connectivity index (χ1) is 7.68. The maximum Gasteiger partial charge on any atom is 0.220 e. The normalized spacial score (nSPS) is 22.8. The monoisotopic (exact) mass is 228 g/mol. The highest BCUT2D eigenvalue weighted by molar-refractivity contribution is 5.75. The van der Waals surface area contributed by atoms with Gasteiger partial charge < -0.3 is 15.8 Å². The van der Waals surface area contributed by atoms with Crippen molar-refractivity contribution in [1.82, 2.24) is 5.32 Å². The van der Waals surface area contributed by atoms with E-state index in [9.17, 15) is 4.79 Å². The summed E-state index contributed by atoms with van der Waals surface area (Å²) in [7, 11) is 0. The largest absolute Gasteiger partial charge is 0.378 e. The van der Waals surface area contributed by atoms with Crippen molar-refractivity contribution in [3.8, 4) is 0 Å². The van der Waals surface area contributed by atoms with Gasteiger partial charge in [0.1, 0.15) is 0 Å². The summed E-state index contributed by atoms with van der Waals surface area (Å²) in [4.78, 5) is 11.4. The minimum atomic E-state index is 0.104. The van der Waals surface area contributed by atoms with E-state index >= 15 is 0 Å². The van der Waals surface area contributed by atoms with Crippen LogP contribution in [0.4, 0.5) is 0 Å². The minimum Gasteiger partial charge on any atom is -0.378 e. The lowest BCUT2D eigenvalue weighted by atomic mass is 10.1. The predicted molar refractivity (Wildman–Crippen MR) is 64.1 cm³/mol. The third kappa shape index (κ3) is 6.08. The van der Waals surface area contributed by atoms with Gasteiger partial charge in [-0.1, -0.05) is 0 Å². The van der Waals surface area contributed by atoms with E-state index < -0.39 is 0 Å². The number of ether oxygens (including phenoxy) is 1. The fraction of sp³-hybridized carbons (Fsp3) is 0.917. The number of hydrogen-bond donors (Lipinski definition) is 2. The number of carbonyl (C=O) groups excluding carboxylic acids is 1. The van der Waals surface area contributed by atoms with Crippen LogP contribution in [0.15, 0.2) is 0 Å². The Kier molecular flexibility index (Phi) is 6.42. The van der Waals surface area contributed by atoms with Crippen LogP contribution in [0.25, 0.3) is 0 Å². The minimum absolute atomic E-state index is 0.104. The van der Waals surface area contributed by atoms with Crippen molar-refractivity contribution in [2.24, 2.45) is 5.73 Å². The Balaban J connectivity index is 1.99. The highest BCUT2D eigenvalue weighted by Gasteiger charge is 2.13. The molecule has 1 fully saturated rings. The molecule has 1 rings (SSSR count). The zero-order valence-electron chi connectivity index (χ0n) is 10.2. The van der Waals surface area contributed by atoms with Crippen molar-refractivity contribution in [3.63, 3.8) is 0 Å². The molecule has 2 unspecified atom stereocenters. The van der Waals surface area contributed by atoms with E-state index in [1.165, 1.54) is 12.8 Å². The van der Waals surface area contributed by atoms with Crippen LogP contribution in [-0.2, 0) is 9.53 Å². The summed E-state index contributed by atoms with van der Waals surface area (Å²) in [6.45, 7) is 3.52. The third-order valence-corrected chi connectivity index (χ3v) is 2.89. The third-order valence-electron chi connectivity index (χ3n) is 2.89. The predicted octanol–water partition coefficient (Wildman–Crippen LogP) is 1.19. The van der Waals surface area contributed by atoms with Crippen molar-refractivity contribution in [2.75, 3.05) is 13.2 Å². The van der Waals surface area contributed by atoms with Gasteiger partial charge in [0.15, 0.2) is 0 Å². The Morgan fingerprint density at radius 2 is 2.38 bits per heavy atom. The standard InChI is InChI=1S/C12H24N2O2/c1-10(13)5-6-12(15)14-8-7-11-4-2-3-9-16-11/h10-11H,2-9,13H2,1H3,(H,14,15). The van der Waals surface area contributed by atoms with E-state index in [1.807, 2.05) is 6.92 Å². The first-order valence-electron chi connectivity index (χ1n) is 6.32. The Bertz CT molecular complexity index is 201. The molecule has 0 aromatic heterocycles. The van der Waals surface area contributed by atoms with Crippen LogP contribution in [0, 0.1) is 0 Å². The molecule has 0 saturated carbocycles.